The molecule has 0 aliphatic carbocycles. The SMILES string of the molecule is CCCN(C(=O)C=Cc1cc(Br)ccc1F)C1CCS(=O)(=O)C1. The second-order valence-corrected chi connectivity index (χ2v) is 8.73. The smallest absolute Gasteiger partial charge is 0.246 e. The van der Waals surface area contributed by atoms with E-state index in [1.807, 2.05) is 6.92 Å². The van der Waals surface area contributed by atoms with E-state index in [1.165, 1.54) is 18.2 Å². The molecule has 1 fully saturated rings. The first-order valence-electron chi connectivity index (χ1n) is 7.46. The van der Waals surface area contributed by atoms with E-state index in [9.17, 15) is 17.6 Å². The van der Waals surface area contributed by atoms with Gasteiger partial charge in [0.15, 0.2) is 9.84 Å². The largest absolute Gasteiger partial charge is 0.335 e. The van der Waals surface area contributed by atoms with Crippen LogP contribution in [0, 0.1) is 5.82 Å². The van der Waals surface area contributed by atoms with Crippen LogP contribution in [0.1, 0.15) is 25.3 Å². The van der Waals surface area contributed by atoms with Crippen molar-refractivity contribution in [3.05, 3.63) is 40.1 Å². The molecule has 1 aromatic rings. The van der Waals surface area contributed by atoms with Gasteiger partial charge < -0.3 is 4.90 Å². The summed E-state index contributed by atoms with van der Waals surface area (Å²) in [5.74, 6) is -0.566. The molecule has 23 heavy (non-hydrogen) atoms. The fourth-order valence-corrected chi connectivity index (χ4v) is 4.74. The molecule has 1 unspecified atom stereocenters. The molecule has 126 valence electrons. The van der Waals surface area contributed by atoms with E-state index in [1.54, 1.807) is 17.0 Å². The topological polar surface area (TPSA) is 54.5 Å². The van der Waals surface area contributed by atoms with Crippen molar-refractivity contribution in [2.24, 2.45) is 0 Å². The summed E-state index contributed by atoms with van der Waals surface area (Å²) in [5.41, 5.74) is 0.309. The third kappa shape index (κ3) is 4.88. The molecule has 2 rings (SSSR count). The number of hydrogen-bond donors (Lipinski definition) is 0. The minimum Gasteiger partial charge on any atom is -0.335 e. The molecule has 1 aliphatic heterocycles. The van der Waals surface area contributed by atoms with Crippen molar-refractivity contribution < 1.29 is 17.6 Å². The number of nitrogens with zero attached hydrogens (tertiary/aromatic N) is 1. The highest BCUT2D eigenvalue weighted by molar-refractivity contribution is 9.10. The van der Waals surface area contributed by atoms with Crippen LogP contribution in [0.15, 0.2) is 28.7 Å². The maximum atomic E-state index is 13.7. The Morgan fingerprint density at radius 3 is 2.83 bits per heavy atom. The number of benzene rings is 1. The molecular weight excluding hydrogens is 385 g/mol. The Bertz CT molecular complexity index is 718. The van der Waals surface area contributed by atoms with Crippen LogP contribution in [0.4, 0.5) is 4.39 Å². The highest BCUT2D eigenvalue weighted by atomic mass is 79.9. The molecule has 1 atom stereocenters. The van der Waals surface area contributed by atoms with Crippen LogP contribution in [0.25, 0.3) is 6.08 Å². The third-order valence-corrected chi connectivity index (χ3v) is 6.00. The van der Waals surface area contributed by atoms with E-state index in [-0.39, 0.29) is 23.5 Å². The zero-order valence-electron chi connectivity index (χ0n) is 12.8. The Labute approximate surface area is 144 Å². The van der Waals surface area contributed by atoms with Gasteiger partial charge in [0.2, 0.25) is 5.91 Å². The number of halogens is 2. The number of amides is 1. The first-order valence-corrected chi connectivity index (χ1v) is 10.1. The van der Waals surface area contributed by atoms with E-state index in [4.69, 9.17) is 0 Å². The van der Waals surface area contributed by atoms with Gasteiger partial charge >= 0.3 is 0 Å². The van der Waals surface area contributed by atoms with Gasteiger partial charge in [-0.25, -0.2) is 12.8 Å². The zero-order chi connectivity index (χ0) is 17.0. The van der Waals surface area contributed by atoms with E-state index in [2.05, 4.69) is 15.9 Å². The van der Waals surface area contributed by atoms with Crippen LogP contribution >= 0.6 is 15.9 Å². The van der Waals surface area contributed by atoms with Gasteiger partial charge in [-0.1, -0.05) is 22.9 Å². The normalized spacial score (nSPS) is 20.0. The molecule has 0 spiro atoms. The Hall–Kier alpha value is -1.21. The van der Waals surface area contributed by atoms with Crippen LogP contribution < -0.4 is 0 Å². The molecule has 4 nitrogen and oxygen atoms in total. The highest BCUT2D eigenvalue weighted by Crippen LogP contribution is 2.20. The van der Waals surface area contributed by atoms with Crippen LogP contribution in [0.2, 0.25) is 0 Å². The average molecular weight is 404 g/mol. The summed E-state index contributed by atoms with van der Waals surface area (Å²) < 4.78 is 37.7. The molecule has 1 aliphatic rings. The van der Waals surface area contributed by atoms with Gasteiger partial charge in [0.1, 0.15) is 5.82 Å². The molecule has 1 amide bonds. The molecule has 0 bridgehead atoms. The van der Waals surface area contributed by atoms with Crippen LogP contribution in [-0.2, 0) is 14.6 Å². The van der Waals surface area contributed by atoms with Gasteiger partial charge in [0.25, 0.3) is 0 Å². The predicted octanol–water partition coefficient (Wildman–Crippen LogP) is 3.03. The fourth-order valence-electron chi connectivity index (χ4n) is 2.63. The van der Waals surface area contributed by atoms with Crippen LogP contribution in [-0.4, -0.2) is 43.3 Å². The lowest BCUT2D eigenvalue weighted by Crippen LogP contribution is -2.40. The van der Waals surface area contributed by atoms with Crippen molar-refractivity contribution in [2.75, 3.05) is 18.1 Å². The zero-order valence-corrected chi connectivity index (χ0v) is 15.2. The monoisotopic (exact) mass is 403 g/mol. The Morgan fingerprint density at radius 1 is 1.48 bits per heavy atom. The van der Waals surface area contributed by atoms with Crippen molar-refractivity contribution in [1.82, 2.24) is 4.90 Å². The summed E-state index contributed by atoms with van der Waals surface area (Å²) in [5, 5.41) is 0. The molecule has 0 radical (unpaired) electrons. The lowest BCUT2D eigenvalue weighted by molar-refractivity contribution is -0.127. The maximum Gasteiger partial charge on any atom is 0.246 e. The molecule has 1 aromatic carbocycles. The quantitative estimate of drug-likeness (QED) is 0.709. The molecule has 1 saturated heterocycles. The predicted molar refractivity (Wildman–Crippen MR) is 92.2 cm³/mol. The number of sulfone groups is 1. The fraction of sp³-hybridized carbons (Fsp3) is 0.438. The van der Waals surface area contributed by atoms with E-state index < -0.39 is 15.7 Å². The lowest BCUT2D eigenvalue weighted by atomic mass is 10.1. The minimum atomic E-state index is -3.06. The number of rotatable bonds is 5. The van der Waals surface area contributed by atoms with Crippen molar-refractivity contribution in [1.29, 1.82) is 0 Å². The maximum absolute atomic E-state index is 13.7. The molecule has 0 saturated carbocycles. The molecule has 0 N–H and O–H groups in total. The first kappa shape index (κ1) is 18.1. The van der Waals surface area contributed by atoms with E-state index in [0.717, 1.165) is 10.9 Å². The Balaban J connectivity index is 2.15. The van der Waals surface area contributed by atoms with Crippen molar-refractivity contribution in [3.8, 4) is 0 Å². The van der Waals surface area contributed by atoms with Crippen molar-refractivity contribution in [3.63, 3.8) is 0 Å². The number of carbonyl (C=O) groups excluding carboxylic acids is 1. The summed E-state index contributed by atoms with van der Waals surface area (Å²) in [4.78, 5) is 14.0. The van der Waals surface area contributed by atoms with Crippen LogP contribution in [0.5, 0.6) is 0 Å². The van der Waals surface area contributed by atoms with Crippen molar-refractivity contribution in [2.45, 2.75) is 25.8 Å². The van der Waals surface area contributed by atoms with Gasteiger partial charge in [-0.2, -0.15) is 0 Å². The van der Waals surface area contributed by atoms with Gasteiger partial charge in [-0.05, 0) is 37.1 Å². The summed E-state index contributed by atoms with van der Waals surface area (Å²) in [6, 6.07) is 4.20. The molecule has 0 aromatic heterocycles. The van der Waals surface area contributed by atoms with E-state index in [0.29, 0.717) is 18.5 Å². The third-order valence-electron chi connectivity index (χ3n) is 3.76. The molecule has 1 heterocycles. The second kappa shape index (κ2) is 7.57. The van der Waals surface area contributed by atoms with Gasteiger partial charge in [-0.15, -0.1) is 0 Å². The van der Waals surface area contributed by atoms with Crippen molar-refractivity contribution >= 4 is 37.8 Å². The van der Waals surface area contributed by atoms with Gasteiger partial charge in [0.05, 0.1) is 11.5 Å². The van der Waals surface area contributed by atoms with Crippen LogP contribution in [0.3, 0.4) is 0 Å². The summed E-state index contributed by atoms with van der Waals surface area (Å²) in [7, 11) is -3.06. The van der Waals surface area contributed by atoms with E-state index >= 15 is 0 Å². The average Bonchev–Trinajstić information content (AvgIpc) is 2.85. The summed E-state index contributed by atoms with van der Waals surface area (Å²) in [6.07, 6.45) is 3.94. The summed E-state index contributed by atoms with van der Waals surface area (Å²) in [6.45, 7) is 2.42. The van der Waals surface area contributed by atoms with Gasteiger partial charge in [0, 0.05) is 28.7 Å². The Kier molecular flexibility index (Phi) is 5.97. The lowest BCUT2D eigenvalue weighted by Gasteiger charge is -2.26. The highest BCUT2D eigenvalue weighted by Gasteiger charge is 2.33. The van der Waals surface area contributed by atoms with Gasteiger partial charge in [-0.3, -0.25) is 4.79 Å². The first-order chi connectivity index (χ1) is 10.8. The minimum absolute atomic E-state index is 0.0117. The standard InChI is InChI=1S/C16H19BrFNO3S/c1-2-8-19(14-7-9-23(21,22)11-14)16(20)6-3-12-10-13(17)4-5-15(12)18/h3-6,10,14H,2,7-9,11H2,1H3. The summed E-state index contributed by atoms with van der Waals surface area (Å²) >= 11 is 3.26. The number of hydrogen-bond acceptors (Lipinski definition) is 3. The number of carbonyl (C=O) groups is 1. The molecular formula is C16H19BrFNO3S. The Morgan fingerprint density at radius 2 is 2.22 bits per heavy atom. The molecule has 7 heteroatoms. The second-order valence-electron chi connectivity index (χ2n) is 5.59.